The van der Waals surface area contributed by atoms with Crippen molar-refractivity contribution in [2.75, 3.05) is 38.0 Å². The Morgan fingerprint density at radius 3 is 2.31 bits per heavy atom. The molecular weight excluding hydrogens is 410 g/mol. The molecule has 0 radical (unpaired) electrons. The Hall–Kier alpha value is -1.93. The number of piperazine rings is 1. The smallest absolute Gasteiger partial charge is 0.243 e. The molecule has 2 aromatic carbocycles. The van der Waals surface area contributed by atoms with Crippen molar-refractivity contribution in [2.24, 2.45) is 0 Å². The molecule has 29 heavy (non-hydrogen) atoms. The van der Waals surface area contributed by atoms with Gasteiger partial charge in [-0.05, 0) is 61.7 Å². The molecular formula is C21H26ClN3O3S. The summed E-state index contributed by atoms with van der Waals surface area (Å²) in [7, 11) is -3.52. The first-order valence-electron chi connectivity index (χ1n) is 9.52. The molecule has 0 unspecified atom stereocenters. The second-order valence-electron chi connectivity index (χ2n) is 7.46. The Morgan fingerprint density at radius 2 is 1.69 bits per heavy atom. The molecule has 8 heteroatoms. The molecule has 6 nitrogen and oxygen atoms in total. The highest BCUT2D eigenvalue weighted by molar-refractivity contribution is 7.89. The number of anilines is 1. The highest BCUT2D eigenvalue weighted by atomic mass is 35.5. The first kappa shape index (κ1) is 21.8. The van der Waals surface area contributed by atoms with E-state index < -0.39 is 10.0 Å². The lowest BCUT2D eigenvalue weighted by Crippen LogP contribution is -2.50. The predicted molar refractivity (Wildman–Crippen MR) is 116 cm³/mol. The van der Waals surface area contributed by atoms with Gasteiger partial charge in [-0.25, -0.2) is 8.42 Å². The Bertz CT molecular complexity index is 1020. The van der Waals surface area contributed by atoms with Gasteiger partial charge in [-0.1, -0.05) is 23.7 Å². The first-order chi connectivity index (χ1) is 13.7. The molecule has 1 amide bonds. The van der Waals surface area contributed by atoms with Crippen LogP contribution in [0.2, 0.25) is 5.02 Å². The van der Waals surface area contributed by atoms with E-state index >= 15 is 0 Å². The topological polar surface area (TPSA) is 69.7 Å². The van der Waals surface area contributed by atoms with Crippen LogP contribution in [0.25, 0.3) is 0 Å². The van der Waals surface area contributed by atoms with Crippen molar-refractivity contribution in [3.05, 3.63) is 58.1 Å². The minimum Gasteiger partial charge on any atom is -0.324 e. The van der Waals surface area contributed by atoms with Crippen molar-refractivity contribution in [1.82, 2.24) is 9.21 Å². The number of nitrogens with one attached hydrogen (secondary N) is 1. The largest absolute Gasteiger partial charge is 0.324 e. The van der Waals surface area contributed by atoms with Gasteiger partial charge in [-0.2, -0.15) is 4.31 Å². The van der Waals surface area contributed by atoms with Gasteiger partial charge in [0.05, 0.1) is 22.2 Å². The van der Waals surface area contributed by atoms with Crippen molar-refractivity contribution >= 4 is 33.2 Å². The van der Waals surface area contributed by atoms with Crippen LogP contribution in [-0.2, 0) is 14.8 Å². The summed E-state index contributed by atoms with van der Waals surface area (Å²) >= 11 is 6.16. The third-order valence-corrected chi connectivity index (χ3v) is 7.42. The number of amides is 1. The summed E-state index contributed by atoms with van der Waals surface area (Å²) < 4.78 is 27.3. The molecule has 0 saturated carbocycles. The third kappa shape index (κ3) is 5.17. The summed E-state index contributed by atoms with van der Waals surface area (Å²) in [6.07, 6.45) is 0. The Labute approximate surface area is 177 Å². The number of halogens is 1. The summed E-state index contributed by atoms with van der Waals surface area (Å²) in [5.74, 6) is -0.166. The van der Waals surface area contributed by atoms with Gasteiger partial charge in [0.2, 0.25) is 15.9 Å². The first-order valence-corrected chi connectivity index (χ1v) is 11.3. The highest BCUT2D eigenvalue weighted by Gasteiger charge is 2.29. The van der Waals surface area contributed by atoms with Crippen LogP contribution in [-0.4, -0.2) is 56.3 Å². The summed E-state index contributed by atoms with van der Waals surface area (Å²) in [6.45, 7) is 7.70. The maximum atomic E-state index is 12.9. The number of carbonyl (C=O) groups is 1. The van der Waals surface area contributed by atoms with Crippen LogP contribution in [0.3, 0.4) is 0 Å². The van der Waals surface area contributed by atoms with E-state index in [-0.39, 0.29) is 12.5 Å². The van der Waals surface area contributed by atoms with Gasteiger partial charge in [-0.3, -0.25) is 9.69 Å². The third-order valence-electron chi connectivity index (χ3n) is 5.21. The summed E-state index contributed by atoms with van der Waals surface area (Å²) in [5.41, 5.74) is 3.62. The van der Waals surface area contributed by atoms with Crippen LogP contribution in [0, 0.1) is 20.8 Å². The van der Waals surface area contributed by atoms with Crippen LogP contribution >= 0.6 is 11.6 Å². The maximum absolute atomic E-state index is 12.9. The van der Waals surface area contributed by atoms with Crippen LogP contribution in [0.1, 0.15) is 16.7 Å². The van der Waals surface area contributed by atoms with Gasteiger partial charge >= 0.3 is 0 Å². The van der Waals surface area contributed by atoms with Crippen LogP contribution in [0.15, 0.2) is 41.3 Å². The van der Waals surface area contributed by atoms with E-state index in [4.69, 9.17) is 11.6 Å². The molecule has 156 valence electrons. The zero-order valence-corrected chi connectivity index (χ0v) is 18.5. The fourth-order valence-electron chi connectivity index (χ4n) is 3.27. The minimum absolute atomic E-state index is 0.166. The number of rotatable bonds is 5. The lowest BCUT2D eigenvalue weighted by atomic mass is 10.1. The molecule has 0 aromatic heterocycles. The lowest BCUT2D eigenvalue weighted by molar-refractivity contribution is -0.117. The molecule has 0 spiro atoms. The summed E-state index contributed by atoms with van der Waals surface area (Å²) in [5, 5.41) is 3.32. The van der Waals surface area contributed by atoms with Gasteiger partial charge in [0.15, 0.2) is 0 Å². The quantitative estimate of drug-likeness (QED) is 0.782. The zero-order valence-electron chi connectivity index (χ0n) is 16.9. The van der Waals surface area contributed by atoms with Crippen molar-refractivity contribution in [3.8, 4) is 0 Å². The summed E-state index contributed by atoms with van der Waals surface area (Å²) in [4.78, 5) is 14.6. The van der Waals surface area contributed by atoms with Gasteiger partial charge in [0, 0.05) is 26.2 Å². The second kappa shape index (κ2) is 8.83. The van der Waals surface area contributed by atoms with E-state index in [1.165, 1.54) is 4.31 Å². The number of benzene rings is 2. The van der Waals surface area contributed by atoms with E-state index in [9.17, 15) is 13.2 Å². The molecule has 0 atom stereocenters. The predicted octanol–water partition coefficient (Wildman–Crippen LogP) is 3.21. The monoisotopic (exact) mass is 435 g/mol. The van der Waals surface area contributed by atoms with Gasteiger partial charge in [0.25, 0.3) is 0 Å². The zero-order chi connectivity index (χ0) is 21.2. The van der Waals surface area contributed by atoms with Crippen molar-refractivity contribution < 1.29 is 13.2 Å². The molecule has 1 aliphatic heterocycles. The standard InChI is InChI=1S/C21H26ClN3O3S/c1-15-4-7-20(19(22)12-15)23-21(26)14-24-8-10-25(11-9-24)29(27,28)18-6-5-16(2)17(3)13-18/h4-7,12-13H,8-11,14H2,1-3H3,(H,23,26). The molecule has 1 heterocycles. The SMILES string of the molecule is Cc1ccc(NC(=O)CN2CCN(S(=O)(=O)c3ccc(C)c(C)c3)CC2)c(Cl)c1. The van der Waals surface area contributed by atoms with E-state index in [0.29, 0.717) is 41.8 Å². The van der Waals surface area contributed by atoms with Crippen LogP contribution < -0.4 is 5.32 Å². The molecule has 2 aromatic rings. The second-order valence-corrected chi connectivity index (χ2v) is 9.80. The number of hydrogen-bond acceptors (Lipinski definition) is 4. The fraction of sp³-hybridized carbons (Fsp3) is 0.381. The number of nitrogens with zero attached hydrogens (tertiary/aromatic N) is 2. The average molecular weight is 436 g/mol. The Balaban J connectivity index is 1.57. The van der Waals surface area contributed by atoms with Gasteiger partial charge in [-0.15, -0.1) is 0 Å². The van der Waals surface area contributed by atoms with E-state index in [0.717, 1.165) is 16.7 Å². The maximum Gasteiger partial charge on any atom is 0.243 e. The van der Waals surface area contributed by atoms with E-state index in [2.05, 4.69) is 5.32 Å². The van der Waals surface area contributed by atoms with Crippen LogP contribution in [0.4, 0.5) is 5.69 Å². The van der Waals surface area contributed by atoms with Gasteiger partial charge < -0.3 is 5.32 Å². The molecule has 0 bridgehead atoms. The van der Waals surface area contributed by atoms with E-state index in [1.54, 1.807) is 24.3 Å². The lowest BCUT2D eigenvalue weighted by Gasteiger charge is -2.33. The summed E-state index contributed by atoms with van der Waals surface area (Å²) in [6, 6.07) is 10.7. The number of carbonyl (C=O) groups excluding carboxylic acids is 1. The highest BCUT2D eigenvalue weighted by Crippen LogP contribution is 2.23. The Morgan fingerprint density at radius 1 is 1.00 bits per heavy atom. The van der Waals surface area contributed by atoms with Crippen LogP contribution in [0.5, 0.6) is 0 Å². The minimum atomic E-state index is -3.52. The molecule has 1 N–H and O–H groups in total. The average Bonchev–Trinajstić information content (AvgIpc) is 2.66. The van der Waals surface area contributed by atoms with Gasteiger partial charge in [0.1, 0.15) is 0 Å². The number of hydrogen-bond donors (Lipinski definition) is 1. The fourth-order valence-corrected chi connectivity index (χ4v) is 5.06. The van der Waals surface area contributed by atoms with Crippen molar-refractivity contribution in [1.29, 1.82) is 0 Å². The van der Waals surface area contributed by atoms with Crippen molar-refractivity contribution in [3.63, 3.8) is 0 Å². The molecule has 0 aliphatic carbocycles. The number of sulfonamides is 1. The molecule has 1 aliphatic rings. The van der Waals surface area contributed by atoms with E-state index in [1.807, 2.05) is 37.8 Å². The molecule has 1 saturated heterocycles. The molecule has 1 fully saturated rings. The van der Waals surface area contributed by atoms with Crippen molar-refractivity contribution in [2.45, 2.75) is 25.7 Å². The number of aryl methyl sites for hydroxylation is 3. The Kier molecular flexibility index (Phi) is 6.63. The molecule has 3 rings (SSSR count). The normalized spacial score (nSPS) is 16.0.